The first kappa shape index (κ1) is 16.3. The fraction of sp³-hybridized carbons (Fsp3) is 0.529. The number of esters is 1. The van der Waals surface area contributed by atoms with Crippen molar-refractivity contribution in [2.75, 3.05) is 19.0 Å². The van der Waals surface area contributed by atoms with Gasteiger partial charge in [0.15, 0.2) is 0 Å². The molecule has 0 aliphatic carbocycles. The molecule has 1 fully saturated rings. The molecule has 1 heterocycles. The highest BCUT2D eigenvalue weighted by molar-refractivity contribution is 5.89. The Morgan fingerprint density at radius 2 is 1.77 bits per heavy atom. The number of nitrogens with zero attached hydrogens (tertiary/aromatic N) is 1. The molecule has 0 aromatic heterocycles. The summed E-state index contributed by atoms with van der Waals surface area (Å²) in [5.41, 5.74) is 1.32. The SMILES string of the molecule is COC(=O)c1ccc(NCC(=O)N2C(C)CCCC2C)cc1. The number of piperidine rings is 1. The van der Waals surface area contributed by atoms with Crippen molar-refractivity contribution in [3.63, 3.8) is 0 Å². The van der Waals surface area contributed by atoms with Gasteiger partial charge in [0.1, 0.15) is 0 Å². The maximum Gasteiger partial charge on any atom is 0.337 e. The Labute approximate surface area is 131 Å². The van der Waals surface area contributed by atoms with Gasteiger partial charge in [0.25, 0.3) is 0 Å². The van der Waals surface area contributed by atoms with Gasteiger partial charge in [-0.1, -0.05) is 0 Å². The number of carbonyl (C=O) groups is 2. The first-order valence-electron chi connectivity index (χ1n) is 7.76. The second kappa shape index (κ2) is 7.29. The molecule has 2 rings (SSSR count). The minimum absolute atomic E-state index is 0.122. The lowest BCUT2D eigenvalue weighted by Gasteiger charge is -2.39. The van der Waals surface area contributed by atoms with Crippen LogP contribution < -0.4 is 5.32 Å². The Kier molecular flexibility index (Phi) is 5.41. The van der Waals surface area contributed by atoms with E-state index in [4.69, 9.17) is 0 Å². The van der Waals surface area contributed by atoms with Gasteiger partial charge in [0.05, 0.1) is 19.2 Å². The smallest absolute Gasteiger partial charge is 0.337 e. The van der Waals surface area contributed by atoms with Gasteiger partial charge in [-0.25, -0.2) is 4.79 Å². The number of benzene rings is 1. The number of nitrogens with one attached hydrogen (secondary N) is 1. The highest BCUT2D eigenvalue weighted by atomic mass is 16.5. The van der Waals surface area contributed by atoms with Gasteiger partial charge in [0, 0.05) is 17.8 Å². The molecule has 2 atom stereocenters. The Bertz CT molecular complexity index is 517. The summed E-state index contributed by atoms with van der Waals surface area (Å²) in [6, 6.07) is 7.54. The van der Waals surface area contributed by atoms with Gasteiger partial charge in [-0.2, -0.15) is 0 Å². The number of hydrogen-bond donors (Lipinski definition) is 1. The van der Waals surface area contributed by atoms with Crippen molar-refractivity contribution in [2.24, 2.45) is 0 Å². The first-order chi connectivity index (χ1) is 10.5. The minimum Gasteiger partial charge on any atom is -0.465 e. The van der Waals surface area contributed by atoms with Crippen molar-refractivity contribution in [1.82, 2.24) is 4.90 Å². The van der Waals surface area contributed by atoms with Gasteiger partial charge in [-0.15, -0.1) is 0 Å². The number of anilines is 1. The van der Waals surface area contributed by atoms with E-state index < -0.39 is 0 Å². The van der Waals surface area contributed by atoms with Crippen LogP contribution in [0.1, 0.15) is 43.5 Å². The van der Waals surface area contributed by atoms with E-state index in [0.717, 1.165) is 18.5 Å². The number of amides is 1. The molecule has 1 N–H and O–H groups in total. The number of ether oxygens (including phenoxy) is 1. The summed E-state index contributed by atoms with van der Waals surface area (Å²) in [7, 11) is 1.36. The van der Waals surface area contributed by atoms with Crippen molar-refractivity contribution < 1.29 is 14.3 Å². The van der Waals surface area contributed by atoms with Crippen LogP contribution in [0.2, 0.25) is 0 Å². The van der Waals surface area contributed by atoms with E-state index in [0.29, 0.717) is 17.6 Å². The van der Waals surface area contributed by atoms with E-state index in [1.54, 1.807) is 24.3 Å². The fourth-order valence-electron chi connectivity index (χ4n) is 3.02. The van der Waals surface area contributed by atoms with Crippen LogP contribution in [0.25, 0.3) is 0 Å². The molecule has 5 heteroatoms. The normalized spacial score (nSPS) is 21.3. The topological polar surface area (TPSA) is 58.6 Å². The molecule has 0 spiro atoms. The summed E-state index contributed by atoms with van der Waals surface area (Å²) in [5, 5.41) is 3.12. The Morgan fingerprint density at radius 3 is 2.32 bits per heavy atom. The largest absolute Gasteiger partial charge is 0.465 e. The quantitative estimate of drug-likeness (QED) is 0.869. The van der Waals surface area contributed by atoms with Gasteiger partial charge in [0.2, 0.25) is 5.91 Å². The number of methoxy groups -OCH3 is 1. The average Bonchev–Trinajstić information content (AvgIpc) is 2.52. The van der Waals surface area contributed by atoms with Crippen LogP contribution in [0.5, 0.6) is 0 Å². The third-order valence-electron chi connectivity index (χ3n) is 4.23. The van der Waals surface area contributed by atoms with Gasteiger partial charge < -0.3 is 15.0 Å². The van der Waals surface area contributed by atoms with Crippen LogP contribution in [-0.4, -0.2) is 42.5 Å². The molecule has 0 bridgehead atoms. The number of rotatable bonds is 4. The Morgan fingerprint density at radius 1 is 1.18 bits per heavy atom. The molecule has 22 heavy (non-hydrogen) atoms. The van der Waals surface area contributed by atoms with E-state index >= 15 is 0 Å². The molecule has 2 unspecified atom stereocenters. The maximum absolute atomic E-state index is 12.4. The predicted molar refractivity (Wildman–Crippen MR) is 85.9 cm³/mol. The summed E-state index contributed by atoms with van der Waals surface area (Å²) >= 11 is 0. The maximum atomic E-state index is 12.4. The van der Waals surface area contributed by atoms with Crippen molar-refractivity contribution in [3.05, 3.63) is 29.8 Å². The molecule has 1 aromatic rings. The third kappa shape index (κ3) is 3.78. The predicted octanol–water partition coefficient (Wildman–Crippen LogP) is 2.67. The molecule has 0 saturated carbocycles. The standard InChI is InChI=1S/C17H24N2O3/c1-12-5-4-6-13(2)19(12)16(20)11-18-15-9-7-14(8-10-15)17(21)22-3/h7-10,12-13,18H,4-6,11H2,1-3H3. The van der Waals surface area contributed by atoms with Gasteiger partial charge >= 0.3 is 5.97 Å². The lowest BCUT2D eigenvalue weighted by molar-refractivity contribution is -0.135. The second-order valence-corrected chi connectivity index (χ2v) is 5.85. The van der Waals surface area contributed by atoms with Crippen molar-refractivity contribution >= 4 is 17.6 Å². The zero-order chi connectivity index (χ0) is 16.1. The lowest BCUT2D eigenvalue weighted by Crippen LogP contribution is -2.49. The molecule has 120 valence electrons. The number of likely N-dealkylation sites (tertiary alicyclic amines) is 1. The highest BCUT2D eigenvalue weighted by Gasteiger charge is 2.28. The van der Waals surface area contributed by atoms with E-state index in [1.807, 2.05) is 4.90 Å². The van der Waals surface area contributed by atoms with Gasteiger partial charge in [-0.05, 0) is 57.4 Å². The number of carbonyl (C=O) groups excluding carboxylic acids is 2. The van der Waals surface area contributed by atoms with Crippen LogP contribution in [0.4, 0.5) is 5.69 Å². The molecule has 1 aromatic carbocycles. The molecule has 1 aliphatic heterocycles. The van der Waals surface area contributed by atoms with Crippen LogP contribution in [0, 0.1) is 0 Å². The molecular formula is C17H24N2O3. The molecule has 5 nitrogen and oxygen atoms in total. The second-order valence-electron chi connectivity index (χ2n) is 5.85. The van der Waals surface area contributed by atoms with Crippen LogP contribution >= 0.6 is 0 Å². The van der Waals surface area contributed by atoms with Gasteiger partial charge in [-0.3, -0.25) is 4.79 Å². The first-order valence-corrected chi connectivity index (χ1v) is 7.76. The zero-order valence-corrected chi connectivity index (χ0v) is 13.5. The lowest BCUT2D eigenvalue weighted by atomic mass is 9.97. The fourth-order valence-corrected chi connectivity index (χ4v) is 3.02. The third-order valence-corrected chi connectivity index (χ3v) is 4.23. The van der Waals surface area contributed by atoms with Crippen LogP contribution in [0.3, 0.4) is 0 Å². The van der Waals surface area contributed by atoms with Crippen LogP contribution in [-0.2, 0) is 9.53 Å². The molecular weight excluding hydrogens is 280 g/mol. The van der Waals surface area contributed by atoms with Crippen molar-refractivity contribution in [1.29, 1.82) is 0 Å². The summed E-state index contributed by atoms with van der Waals surface area (Å²) in [6.45, 7) is 4.49. The van der Waals surface area contributed by atoms with E-state index in [9.17, 15) is 9.59 Å². The monoisotopic (exact) mass is 304 g/mol. The summed E-state index contributed by atoms with van der Waals surface area (Å²) < 4.78 is 4.66. The molecule has 0 radical (unpaired) electrons. The zero-order valence-electron chi connectivity index (χ0n) is 13.5. The average molecular weight is 304 g/mol. The molecule has 1 aliphatic rings. The molecule has 1 saturated heterocycles. The van der Waals surface area contributed by atoms with E-state index in [-0.39, 0.29) is 18.4 Å². The summed E-state index contributed by atoms with van der Waals surface area (Å²) in [4.78, 5) is 25.8. The molecule has 1 amide bonds. The van der Waals surface area contributed by atoms with Crippen molar-refractivity contribution in [3.8, 4) is 0 Å². The highest BCUT2D eigenvalue weighted by Crippen LogP contribution is 2.22. The Balaban J connectivity index is 1.92. The van der Waals surface area contributed by atoms with Crippen molar-refractivity contribution in [2.45, 2.75) is 45.2 Å². The van der Waals surface area contributed by atoms with E-state index in [1.165, 1.54) is 13.5 Å². The number of hydrogen-bond acceptors (Lipinski definition) is 4. The summed E-state index contributed by atoms with van der Waals surface area (Å²) in [6.07, 6.45) is 3.34. The summed E-state index contributed by atoms with van der Waals surface area (Å²) in [5.74, 6) is -0.240. The minimum atomic E-state index is -0.362. The Hall–Kier alpha value is -2.04. The van der Waals surface area contributed by atoms with Crippen LogP contribution in [0.15, 0.2) is 24.3 Å². The van der Waals surface area contributed by atoms with E-state index in [2.05, 4.69) is 23.9 Å².